The second-order valence-electron chi connectivity index (χ2n) is 5.07. The van der Waals surface area contributed by atoms with Gasteiger partial charge in [0.15, 0.2) is 0 Å². The first kappa shape index (κ1) is 15.4. The molecule has 100 valence electrons. The van der Waals surface area contributed by atoms with Gasteiger partial charge in [0.25, 0.3) is 0 Å². The molecule has 0 aliphatic heterocycles. The van der Waals surface area contributed by atoms with E-state index in [1.54, 1.807) is 0 Å². The van der Waals surface area contributed by atoms with Crippen molar-refractivity contribution in [1.82, 2.24) is 5.32 Å². The van der Waals surface area contributed by atoms with Crippen LogP contribution in [0.3, 0.4) is 0 Å². The van der Waals surface area contributed by atoms with Crippen LogP contribution in [-0.2, 0) is 0 Å². The van der Waals surface area contributed by atoms with Gasteiger partial charge in [-0.25, -0.2) is 0 Å². The summed E-state index contributed by atoms with van der Waals surface area (Å²) in [5.74, 6) is 0. The molecule has 0 aliphatic rings. The van der Waals surface area contributed by atoms with Crippen LogP contribution in [0.1, 0.15) is 32.4 Å². The second kappa shape index (κ2) is 5.97. The lowest BCUT2D eigenvalue weighted by Gasteiger charge is -2.23. The van der Waals surface area contributed by atoms with Crippen molar-refractivity contribution in [1.29, 1.82) is 0 Å². The number of aliphatic hydroxyl groups is 1. The molecule has 1 aromatic carbocycles. The van der Waals surface area contributed by atoms with Gasteiger partial charge in [-0.05, 0) is 43.6 Å². The molecule has 4 nitrogen and oxygen atoms in total. The van der Waals surface area contributed by atoms with E-state index in [0.29, 0.717) is 12.1 Å². The maximum absolute atomic E-state index is 10.5. The Morgan fingerprint density at radius 2 is 1.83 bits per heavy atom. The first-order valence-electron chi connectivity index (χ1n) is 5.50. The van der Waals surface area contributed by atoms with Gasteiger partial charge in [0.2, 0.25) is 0 Å². The van der Waals surface area contributed by atoms with Crippen molar-refractivity contribution in [3.8, 4) is 0 Å². The van der Waals surface area contributed by atoms with E-state index in [1.807, 2.05) is 20.8 Å². The fraction of sp³-hybridized carbons (Fsp3) is 0.500. The van der Waals surface area contributed by atoms with E-state index in [2.05, 4.69) is 10.5 Å². The van der Waals surface area contributed by atoms with Crippen LogP contribution in [0, 0.1) is 4.91 Å². The highest BCUT2D eigenvalue weighted by molar-refractivity contribution is 6.38. The van der Waals surface area contributed by atoms with Crippen molar-refractivity contribution in [3.63, 3.8) is 0 Å². The number of hydrogen-bond acceptors (Lipinski definition) is 4. The Hall–Kier alpha value is -0.680. The third-order valence-corrected chi connectivity index (χ3v) is 2.92. The van der Waals surface area contributed by atoms with Crippen molar-refractivity contribution in [3.05, 3.63) is 32.6 Å². The van der Waals surface area contributed by atoms with Gasteiger partial charge in [0.05, 0.1) is 16.1 Å². The maximum Gasteiger partial charge on any atom is 0.145 e. The van der Waals surface area contributed by atoms with Crippen molar-refractivity contribution in [2.24, 2.45) is 5.18 Å². The molecule has 0 heterocycles. The van der Waals surface area contributed by atoms with E-state index in [9.17, 15) is 10.0 Å². The molecule has 0 saturated heterocycles. The summed E-state index contributed by atoms with van der Waals surface area (Å²) in [7, 11) is 0. The quantitative estimate of drug-likeness (QED) is 0.829. The van der Waals surface area contributed by atoms with Gasteiger partial charge in [-0.15, -0.1) is 4.91 Å². The SMILES string of the molecule is CC(C)(C)NCC(O)c1cc(Cl)c(N=O)c(Cl)c1. The average molecular weight is 291 g/mol. The minimum atomic E-state index is -0.750. The summed E-state index contributed by atoms with van der Waals surface area (Å²) in [5, 5.41) is 16.2. The summed E-state index contributed by atoms with van der Waals surface area (Å²) < 4.78 is 0. The molecular formula is C12H16Cl2N2O2. The molecule has 18 heavy (non-hydrogen) atoms. The maximum atomic E-state index is 10.5. The third-order valence-electron chi connectivity index (χ3n) is 2.34. The van der Waals surface area contributed by atoms with E-state index in [1.165, 1.54) is 12.1 Å². The number of nitrogens with zero attached hydrogens (tertiary/aromatic N) is 1. The van der Waals surface area contributed by atoms with Crippen LogP contribution in [0.4, 0.5) is 5.69 Å². The summed E-state index contributed by atoms with van der Waals surface area (Å²) >= 11 is 11.7. The summed E-state index contributed by atoms with van der Waals surface area (Å²) in [4.78, 5) is 10.5. The molecule has 0 spiro atoms. The normalized spacial score (nSPS) is 13.4. The number of aliphatic hydroxyl groups excluding tert-OH is 1. The second-order valence-corrected chi connectivity index (χ2v) is 5.89. The topological polar surface area (TPSA) is 61.7 Å². The lowest BCUT2D eigenvalue weighted by Crippen LogP contribution is -2.38. The van der Waals surface area contributed by atoms with Gasteiger partial charge in [0.1, 0.15) is 5.69 Å². The summed E-state index contributed by atoms with van der Waals surface area (Å²) in [5.41, 5.74) is 0.450. The first-order chi connectivity index (χ1) is 8.24. The highest BCUT2D eigenvalue weighted by Gasteiger charge is 2.16. The van der Waals surface area contributed by atoms with Crippen LogP contribution >= 0.6 is 23.2 Å². The van der Waals surface area contributed by atoms with Gasteiger partial charge in [0, 0.05) is 12.1 Å². The lowest BCUT2D eigenvalue weighted by atomic mass is 10.1. The molecule has 1 rings (SSSR count). The van der Waals surface area contributed by atoms with Crippen LogP contribution in [-0.4, -0.2) is 17.2 Å². The molecule has 2 N–H and O–H groups in total. The van der Waals surface area contributed by atoms with Gasteiger partial charge in [-0.3, -0.25) is 0 Å². The molecule has 6 heteroatoms. The molecule has 0 bridgehead atoms. The molecule has 0 radical (unpaired) electrons. The molecule has 1 atom stereocenters. The zero-order valence-corrected chi connectivity index (χ0v) is 12.0. The Morgan fingerprint density at radius 3 is 2.22 bits per heavy atom. The van der Waals surface area contributed by atoms with Crippen LogP contribution in [0.2, 0.25) is 10.0 Å². The standard InChI is InChI=1S/C12H16Cl2N2O2/c1-12(2,3)15-6-10(17)7-4-8(13)11(16-18)9(14)5-7/h4-5,10,15,17H,6H2,1-3H3. The Bertz CT molecular complexity index is 421. The molecule has 0 saturated carbocycles. The number of hydrogen-bond donors (Lipinski definition) is 2. The average Bonchev–Trinajstić information content (AvgIpc) is 2.24. The monoisotopic (exact) mass is 290 g/mol. The number of nitroso groups, excluding NO2 is 1. The van der Waals surface area contributed by atoms with Gasteiger partial charge < -0.3 is 10.4 Å². The largest absolute Gasteiger partial charge is 0.387 e. The van der Waals surface area contributed by atoms with Crippen molar-refractivity contribution >= 4 is 28.9 Å². The first-order valence-corrected chi connectivity index (χ1v) is 6.25. The Balaban J connectivity index is 2.87. The minimum absolute atomic E-state index is 0.00179. The van der Waals surface area contributed by atoms with Gasteiger partial charge in [-0.1, -0.05) is 23.2 Å². The molecule has 0 fully saturated rings. The lowest BCUT2D eigenvalue weighted by molar-refractivity contribution is 0.163. The van der Waals surface area contributed by atoms with E-state index >= 15 is 0 Å². The number of rotatable bonds is 4. The highest BCUT2D eigenvalue weighted by Crippen LogP contribution is 2.35. The molecule has 0 aromatic heterocycles. The van der Waals surface area contributed by atoms with Gasteiger partial charge >= 0.3 is 0 Å². The zero-order chi connectivity index (χ0) is 13.9. The fourth-order valence-corrected chi connectivity index (χ4v) is 1.96. The number of nitrogens with one attached hydrogen (secondary N) is 1. The zero-order valence-electron chi connectivity index (χ0n) is 10.5. The molecule has 0 amide bonds. The van der Waals surface area contributed by atoms with Crippen LogP contribution in [0.5, 0.6) is 0 Å². The highest BCUT2D eigenvalue weighted by atomic mass is 35.5. The van der Waals surface area contributed by atoms with Crippen molar-refractivity contribution in [2.75, 3.05) is 6.54 Å². The van der Waals surface area contributed by atoms with E-state index in [4.69, 9.17) is 23.2 Å². The Labute approximate surface area is 116 Å². The minimum Gasteiger partial charge on any atom is -0.387 e. The van der Waals surface area contributed by atoms with E-state index in [-0.39, 0.29) is 21.3 Å². The van der Waals surface area contributed by atoms with E-state index in [0.717, 1.165) is 0 Å². The van der Waals surface area contributed by atoms with Crippen molar-refractivity contribution < 1.29 is 5.11 Å². The Morgan fingerprint density at radius 1 is 1.33 bits per heavy atom. The molecular weight excluding hydrogens is 275 g/mol. The smallest absolute Gasteiger partial charge is 0.145 e. The Kier molecular flexibility index (Phi) is 5.10. The molecule has 1 unspecified atom stereocenters. The predicted octanol–water partition coefficient (Wildman–Crippen LogP) is 3.81. The predicted molar refractivity (Wildman–Crippen MR) is 74.6 cm³/mol. The summed E-state index contributed by atoms with van der Waals surface area (Å²) in [6.45, 7) is 6.36. The van der Waals surface area contributed by atoms with Crippen LogP contribution in [0.15, 0.2) is 17.3 Å². The molecule has 1 aromatic rings. The van der Waals surface area contributed by atoms with Crippen LogP contribution < -0.4 is 5.32 Å². The summed E-state index contributed by atoms with van der Waals surface area (Å²) in [6, 6.07) is 3.00. The van der Waals surface area contributed by atoms with Crippen molar-refractivity contribution in [2.45, 2.75) is 32.4 Å². The fourth-order valence-electron chi connectivity index (χ4n) is 1.39. The summed E-state index contributed by atoms with van der Waals surface area (Å²) in [6.07, 6.45) is -0.750. The third kappa shape index (κ3) is 4.21. The van der Waals surface area contributed by atoms with E-state index < -0.39 is 6.10 Å². The number of β-amino-alcohol motifs (C(OH)–C–C–N with tert-alkyl or cyclic N) is 1. The molecule has 0 aliphatic carbocycles. The number of benzene rings is 1. The number of halogens is 2. The van der Waals surface area contributed by atoms with Gasteiger partial charge in [-0.2, -0.15) is 0 Å². The van der Waals surface area contributed by atoms with Crippen LogP contribution in [0.25, 0.3) is 0 Å².